The van der Waals surface area contributed by atoms with Gasteiger partial charge < -0.3 is 23.8 Å². The molecule has 2 aromatic heterocycles. The molecule has 1 aliphatic rings. The summed E-state index contributed by atoms with van der Waals surface area (Å²) in [6, 6.07) is 11.5. The van der Waals surface area contributed by atoms with Crippen LogP contribution in [-0.4, -0.2) is 91.9 Å². The number of aromatic nitrogens is 2. The topological polar surface area (TPSA) is 86.2 Å². The Morgan fingerprint density at radius 3 is 2.58 bits per heavy atom. The number of halogens is 1. The average Bonchev–Trinajstić information content (AvgIpc) is 3.43. The van der Waals surface area contributed by atoms with Crippen LogP contribution in [0.4, 0.5) is 0 Å². The fourth-order valence-corrected chi connectivity index (χ4v) is 6.89. The highest BCUT2D eigenvalue weighted by atomic mass is 35.5. The normalized spacial score (nSPS) is 14.8. The van der Waals surface area contributed by atoms with Crippen LogP contribution in [0.15, 0.2) is 42.7 Å². The smallest absolute Gasteiger partial charge is 0.347 e. The molecule has 0 unspecified atom stereocenters. The van der Waals surface area contributed by atoms with Crippen molar-refractivity contribution in [3.8, 4) is 28.5 Å². The van der Waals surface area contributed by atoms with Crippen LogP contribution in [0.3, 0.4) is 0 Å². The largest absolute Gasteiger partial charge is 0.496 e. The standard InChI is InChI=1S/C34H41ClN4O5S/c1-6-28-29(24-12-13-26(31(35)22(24)3)43-19-18-39-16-14-38(4)15-17-39)30-32(36-21-37-33(30)45-28)44-27(34(40)42-7-2)20-23-10-8-9-11-25(23)41-5/h8-13,21,27H,6-7,14-20H2,1-5H3/t27-/m0/s1. The summed E-state index contributed by atoms with van der Waals surface area (Å²) in [6.07, 6.45) is 1.55. The van der Waals surface area contributed by atoms with Gasteiger partial charge >= 0.3 is 5.97 Å². The predicted octanol–water partition coefficient (Wildman–Crippen LogP) is 6.07. The first-order valence-corrected chi connectivity index (χ1v) is 16.6. The first kappa shape index (κ1) is 32.9. The van der Waals surface area contributed by atoms with Crippen LogP contribution in [0, 0.1) is 6.92 Å². The number of hydrogen-bond acceptors (Lipinski definition) is 10. The van der Waals surface area contributed by atoms with Crippen LogP contribution in [0.25, 0.3) is 21.3 Å². The zero-order valence-corrected chi connectivity index (χ0v) is 28.2. The zero-order chi connectivity index (χ0) is 31.9. The lowest BCUT2D eigenvalue weighted by Crippen LogP contribution is -2.45. The Balaban J connectivity index is 1.46. The molecule has 9 nitrogen and oxygen atoms in total. The Morgan fingerprint density at radius 2 is 1.84 bits per heavy atom. The number of thiophene rings is 1. The van der Waals surface area contributed by atoms with Crippen molar-refractivity contribution in [2.24, 2.45) is 0 Å². The van der Waals surface area contributed by atoms with E-state index in [-0.39, 0.29) is 13.0 Å². The van der Waals surface area contributed by atoms with Crippen LogP contribution in [0.1, 0.15) is 29.9 Å². The van der Waals surface area contributed by atoms with E-state index in [2.05, 4.69) is 33.7 Å². The Bertz CT molecular complexity index is 1620. The number of hydrogen-bond donors (Lipinski definition) is 0. The zero-order valence-electron chi connectivity index (χ0n) is 26.6. The van der Waals surface area contributed by atoms with Crippen molar-refractivity contribution in [2.45, 2.75) is 39.7 Å². The molecule has 240 valence electrons. The molecule has 1 atom stereocenters. The molecule has 0 aliphatic carbocycles. The number of likely N-dealkylation sites (N-methyl/N-ethyl adjacent to an activating group) is 1. The molecule has 11 heteroatoms. The Labute approximate surface area is 274 Å². The van der Waals surface area contributed by atoms with Gasteiger partial charge in [-0.1, -0.05) is 42.8 Å². The predicted molar refractivity (Wildman–Crippen MR) is 179 cm³/mol. The molecular weight excluding hydrogens is 612 g/mol. The van der Waals surface area contributed by atoms with Crippen LogP contribution < -0.4 is 14.2 Å². The molecule has 1 aliphatic heterocycles. The molecule has 0 N–H and O–H groups in total. The van der Waals surface area contributed by atoms with Crippen molar-refractivity contribution >= 4 is 39.1 Å². The van der Waals surface area contributed by atoms with Crippen molar-refractivity contribution in [3.63, 3.8) is 0 Å². The van der Waals surface area contributed by atoms with E-state index in [0.29, 0.717) is 29.0 Å². The van der Waals surface area contributed by atoms with E-state index in [1.807, 2.05) is 43.3 Å². The van der Waals surface area contributed by atoms with Crippen LogP contribution in [-0.2, 0) is 22.4 Å². The number of para-hydroxylation sites is 1. The monoisotopic (exact) mass is 652 g/mol. The Hall–Kier alpha value is -3.44. The SMILES string of the molecule is CCOC(=O)[C@H](Cc1ccccc1OC)Oc1ncnc2sc(CC)c(-c3ccc(OCCN4CCN(C)CC4)c(Cl)c3C)c12. The molecule has 5 rings (SSSR count). The minimum atomic E-state index is -0.946. The first-order valence-electron chi connectivity index (χ1n) is 15.4. The molecule has 0 bridgehead atoms. The molecule has 45 heavy (non-hydrogen) atoms. The molecular formula is C34H41ClN4O5S. The Morgan fingerprint density at radius 1 is 1.07 bits per heavy atom. The van der Waals surface area contributed by atoms with E-state index >= 15 is 0 Å². The van der Waals surface area contributed by atoms with E-state index in [4.69, 9.17) is 30.5 Å². The molecule has 1 fully saturated rings. The highest BCUT2D eigenvalue weighted by Gasteiger charge is 2.28. The summed E-state index contributed by atoms with van der Waals surface area (Å²) in [7, 11) is 3.76. The van der Waals surface area contributed by atoms with Crippen molar-refractivity contribution in [2.75, 3.05) is 60.1 Å². The number of methoxy groups -OCH3 is 1. The van der Waals surface area contributed by atoms with Crippen LogP contribution in [0.2, 0.25) is 5.02 Å². The molecule has 0 saturated carbocycles. The number of benzene rings is 2. The lowest BCUT2D eigenvalue weighted by atomic mass is 9.97. The highest BCUT2D eigenvalue weighted by molar-refractivity contribution is 7.19. The van der Waals surface area contributed by atoms with E-state index in [1.165, 1.54) is 6.33 Å². The van der Waals surface area contributed by atoms with Gasteiger partial charge in [-0.15, -0.1) is 11.3 Å². The summed E-state index contributed by atoms with van der Waals surface area (Å²) in [5.74, 6) is 1.18. The number of piperazine rings is 1. The van der Waals surface area contributed by atoms with Gasteiger partial charge in [0.2, 0.25) is 12.0 Å². The van der Waals surface area contributed by atoms with Gasteiger partial charge in [0, 0.05) is 49.6 Å². The van der Waals surface area contributed by atoms with Gasteiger partial charge in [0.05, 0.1) is 24.1 Å². The van der Waals surface area contributed by atoms with Crippen LogP contribution in [0.5, 0.6) is 17.4 Å². The summed E-state index contributed by atoms with van der Waals surface area (Å²) < 4.78 is 23.6. The number of fused-ring (bicyclic) bond motifs is 1. The van der Waals surface area contributed by atoms with Gasteiger partial charge in [-0.2, -0.15) is 0 Å². The third-order valence-electron chi connectivity index (χ3n) is 8.13. The van der Waals surface area contributed by atoms with Gasteiger partial charge in [0.15, 0.2) is 0 Å². The molecule has 3 heterocycles. The molecule has 0 radical (unpaired) electrons. The Kier molecular flexibility index (Phi) is 11.1. The van der Waals surface area contributed by atoms with Gasteiger partial charge in [0.1, 0.15) is 29.3 Å². The number of nitrogens with zero attached hydrogens (tertiary/aromatic N) is 4. The fraction of sp³-hybridized carbons (Fsp3) is 0.441. The number of esters is 1. The maximum Gasteiger partial charge on any atom is 0.347 e. The maximum atomic E-state index is 13.2. The average molecular weight is 653 g/mol. The van der Waals surface area contributed by atoms with Crippen molar-refractivity contribution in [1.29, 1.82) is 0 Å². The number of aryl methyl sites for hydroxylation is 1. The van der Waals surface area contributed by atoms with E-state index in [1.54, 1.807) is 25.4 Å². The van der Waals surface area contributed by atoms with Crippen molar-refractivity contribution in [3.05, 3.63) is 63.8 Å². The van der Waals surface area contributed by atoms with E-state index in [0.717, 1.165) is 76.5 Å². The molecule has 2 aromatic carbocycles. The summed E-state index contributed by atoms with van der Waals surface area (Å²) in [4.78, 5) is 28.9. The third-order valence-corrected chi connectivity index (χ3v) is 9.84. The molecule has 0 amide bonds. The number of carbonyl (C=O) groups is 1. The van der Waals surface area contributed by atoms with Crippen molar-refractivity contribution in [1.82, 2.24) is 19.8 Å². The van der Waals surface area contributed by atoms with E-state index in [9.17, 15) is 4.79 Å². The number of ether oxygens (including phenoxy) is 4. The lowest BCUT2D eigenvalue weighted by Gasteiger charge is -2.32. The molecule has 4 aromatic rings. The summed E-state index contributed by atoms with van der Waals surface area (Å²) in [5.41, 5.74) is 3.63. The summed E-state index contributed by atoms with van der Waals surface area (Å²) in [6.45, 7) is 11.8. The second kappa shape index (κ2) is 15.2. The number of carbonyl (C=O) groups excluding carboxylic acids is 1. The molecule has 0 spiro atoms. The molecule has 1 saturated heterocycles. The first-order chi connectivity index (χ1) is 21.8. The second-order valence-electron chi connectivity index (χ2n) is 11.0. The van der Waals surface area contributed by atoms with E-state index < -0.39 is 12.1 Å². The third kappa shape index (κ3) is 7.52. The van der Waals surface area contributed by atoms with Gasteiger partial charge in [-0.25, -0.2) is 14.8 Å². The summed E-state index contributed by atoms with van der Waals surface area (Å²) >= 11 is 8.53. The minimum Gasteiger partial charge on any atom is -0.496 e. The van der Waals surface area contributed by atoms with Crippen LogP contribution >= 0.6 is 22.9 Å². The van der Waals surface area contributed by atoms with Gasteiger partial charge in [-0.05, 0) is 56.1 Å². The van der Waals surface area contributed by atoms with Crippen molar-refractivity contribution < 1.29 is 23.7 Å². The fourth-order valence-electron chi connectivity index (χ4n) is 5.59. The summed E-state index contributed by atoms with van der Waals surface area (Å²) in [5, 5.41) is 1.32. The van der Waals surface area contributed by atoms with Gasteiger partial charge in [-0.3, -0.25) is 4.90 Å². The maximum absolute atomic E-state index is 13.2. The quantitative estimate of drug-likeness (QED) is 0.160. The highest BCUT2D eigenvalue weighted by Crippen LogP contribution is 2.45. The lowest BCUT2D eigenvalue weighted by molar-refractivity contribution is -0.151. The second-order valence-corrected chi connectivity index (χ2v) is 12.5. The number of rotatable bonds is 13. The minimum absolute atomic E-state index is 0.231. The van der Waals surface area contributed by atoms with Gasteiger partial charge in [0.25, 0.3) is 0 Å².